The topological polar surface area (TPSA) is 55.8 Å². The van der Waals surface area contributed by atoms with Crippen LogP contribution in [0.3, 0.4) is 0 Å². The van der Waals surface area contributed by atoms with E-state index >= 15 is 0 Å². The molecule has 0 atom stereocenters. The molecule has 4 nitrogen and oxygen atoms in total. The standard InChI is InChI=1S/C12H17BO4/c1-2-17-10-4-3-9(8-16-6-5-13)11(7-10)12(14)15/h3-4,7H,2,5-6,8,13H2,1H3,(H,14,15). The molecule has 0 unspecified atom stereocenters. The normalized spacial score (nSPS) is 10.2. The Morgan fingerprint density at radius 2 is 2.24 bits per heavy atom. The van der Waals surface area contributed by atoms with Gasteiger partial charge in [-0.25, -0.2) is 4.79 Å². The van der Waals surface area contributed by atoms with Gasteiger partial charge in [0.25, 0.3) is 0 Å². The van der Waals surface area contributed by atoms with E-state index < -0.39 is 5.97 Å². The van der Waals surface area contributed by atoms with Crippen LogP contribution in [0.2, 0.25) is 6.32 Å². The average Bonchev–Trinajstić information content (AvgIpc) is 2.31. The minimum Gasteiger partial charge on any atom is -0.494 e. The maximum Gasteiger partial charge on any atom is 0.336 e. The number of carboxylic acid groups (broad SMARTS) is 1. The number of aromatic carboxylic acids is 1. The maximum atomic E-state index is 11.1. The van der Waals surface area contributed by atoms with E-state index in [1.54, 1.807) is 12.1 Å². The Hall–Kier alpha value is -1.49. The summed E-state index contributed by atoms with van der Waals surface area (Å²) in [5.41, 5.74) is 0.918. The highest BCUT2D eigenvalue weighted by Gasteiger charge is 2.11. The Balaban J connectivity index is 2.84. The van der Waals surface area contributed by atoms with E-state index in [1.165, 1.54) is 6.07 Å². The summed E-state index contributed by atoms with van der Waals surface area (Å²) in [7, 11) is 2.01. The predicted octanol–water partition coefficient (Wildman–Crippen LogP) is 1.35. The average molecular weight is 236 g/mol. The van der Waals surface area contributed by atoms with E-state index in [2.05, 4.69) is 0 Å². The van der Waals surface area contributed by atoms with Crippen LogP contribution in [-0.4, -0.2) is 32.1 Å². The molecular weight excluding hydrogens is 219 g/mol. The lowest BCUT2D eigenvalue weighted by Crippen LogP contribution is -2.05. The number of carboxylic acids is 1. The monoisotopic (exact) mass is 236 g/mol. The molecule has 0 aromatic heterocycles. The van der Waals surface area contributed by atoms with E-state index in [1.807, 2.05) is 14.8 Å². The molecular formula is C12H17BO4. The minimum atomic E-state index is -0.957. The van der Waals surface area contributed by atoms with Gasteiger partial charge in [0.05, 0.1) is 18.8 Å². The molecule has 1 rings (SSSR count). The van der Waals surface area contributed by atoms with Crippen molar-refractivity contribution in [1.82, 2.24) is 0 Å². The fourth-order valence-corrected chi connectivity index (χ4v) is 1.46. The highest BCUT2D eigenvalue weighted by atomic mass is 16.5. The predicted molar refractivity (Wildman–Crippen MR) is 67.6 cm³/mol. The second-order valence-corrected chi connectivity index (χ2v) is 3.61. The summed E-state index contributed by atoms with van der Waals surface area (Å²) in [6.45, 7) is 3.33. The van der Waals surface area contributed by atoms with E-state index in [9.17, 15) is 4.79 Å². The van der Waals surface area contributed by atoms with Gasteiger partial charge in [0.2, 0.25) is 0 Å². The van der Waals surface area contributed by atoms with E-state index in [4.69, 9.17) is 14.6 Å². The molecule has 0 aliphatic carbocycles. The van der Waals surface area contributed by atoms with Gasteiger partial charge in [-0.2, -0.15) is 0 Å². The number of ether oxygens (including phenoxy) is 2. The van der Waals surface area contributed by atoms with Gasteiger partial charge in [-0.15, -0.1) is 0 Å². The third-order valence-electron chi connectivity index (χ3n) is 2.23. The molecule has 0 saturated carbocycles. The summed E-state index contributed by atoms with van der Waals surface area (Å²) in [5, 5.41) is 9.10. The van der Waals surface area contributed by atoms with Crippen molar-refractivity contribution in [2.24, 2.45) is 0 Å². The molecule has 1 aromatic carbocycles. The summed E-state index contributed by atoms with van der Waals surface area (Å²) >= 11 is 0. The Kier molecular flexibility index (Phi) is 5.56. The Labute approximate surface area is 102 Å². The van der Waals surface area contributed by atoms with Crippen LogP contribution in [0, 0.1) is 0 Å². The van der Waals surface area contributed by atoms with Gasteiger partial charge in [0, 0.05) is 6.61 Å². The van der Waals surface area contributed by atoms with Gasteiger partial charge in [0.15, 0.2) is 0 Å². The van der Waals surface area contributed by atoms with Crippen LogP contribution < -0.4 is 4.74 Å². The fourth-order valence-electron chi connectivity index (χ4n) is 1.46. The Bertz CT molecular complexity index is 379. The zero-order valence-electron chi connectivity index (χ0n) is 10.2. The van der Waals surface area contributed by atoms with Gasteiger partial charge in [-0.1, -0.05) is 12.4 Å². The van der Waals surface area contributed by atoms with Crippen molar-refractivity contribution in [3.05, 3.63) is 29.3 Å². The number of hydrogen-bond acceptors (Lipinski definition) is 3. The second-order valence-electron chi connectivity index (χ2n) is 3.61. The van der Waals surface area contributed by atoms with Crippen molar-refractivity contribution >= 4 is 13.8 Å². The maximum absolute atomic E-state index is 11.1. The lowest BCUT2D eigenvalue weighted by molar-refractivity contribution is 0.0688. The third-order valence-corrected chi connectivity index (χ3v) is 2.23. The summed E-state index contributed by atoms with van der Waals surface area (Å²) < 4.78 is 10.6. The highest BCUT2D eigenvalue weighted by molar-refractivity contribution is 6.08. The number of hydrogen-bond donors (Lipinski definition) is 1. The van der Waals surface area contributed by atoms with Gasteiger partial charge in [0.1, 0.15) is 13.6 Å². The Morgan fingerprint density at radius 1 is 1.47 bits per heavy atom. The lowest BCUT2D eigenvalue weighted by atomic mass is 10.1. The smallest absolute Gasteiger partial charge is 0.336 e. The van der Waals surface area contributed by atoms with Crippen LogP contribution in [0.1, 0.15) is 22.8 Å². The third kappa shape index (κ3) is 4.11. The molecule has 0 aliphatic heterocycles. The first-order chi connectivity index (χ1) is 8.19. The zero-order chi connectivity index (χ0) is 12.7. The molecule has 0 heterocycles. The molecule has 0 spiro atoms. The number of benzene rings is 1. The molecule has 0 aliphatic rings. The first-order valence-electron chi connectivity index (χ1n) is 5.75. The molecule has 5 heteroatoms. The van der Waals surface area contributed by atoms with Crippen molar-refractivity contribution in [1.29, 1.82) is 0 Å². The summed E-state index contributed by atoms with van der Waals surface area (Å²) in [4.78, 5) is 11.1. The van der Waals surface area contributed by atoms with Gasteiger partial charge in [-0.05, 0) is 24.6 Å². The molecule has 0 fully saturated rings. The largest absolute Gasteiger partial charge is 0.494 e. The molecule has 1 N–H and O–H groups in total. The number of carbonyl (C=O) groups is 1. The molecule has 92 valence electrons. The van der Waals surface area contributed by atoms with Crippen molar-refractivity contribution in [3.63, 3.8) is 0 Å². The first kappa shape index (κ1) is 13.6. The van der Waals surface area contributed by atoms with E-state index in [0.29, 0.717) is 31.1 Å². The Morgan fingerprint density at radius 3 is 2.82 bits per heavy atom. The van der Waals surface area contributed by atoms with Gasteiger partial charge >= 0.3 is 5.97 Å². The molecule has 1 aromatic rings. The number of rotatable bonds is 7. The van der Waals surface area contributed by atoms with Crippen LogP contribution in [0.5, 0.6) is 5.75 Å². The van der Waals surface area contributed by atoms with Gasteiger partial charge < -0.3 is 14.6 Å². The van der Waals surface area contributed by atoms with Crippen molar-refractivity contribution in [2.75, 3.05) is 13.2 Å². The highest BCUT2D eigenvalue weighted by Crippen LogP contribution is 2.19. The summed E-state index contributed by atoms with van der Waals surface area (Å²) in [5.74, 6) is -0.384. The lowest BCUT2D eigenvalue weighted by Gasteiger charge is -2.09. The van der Waals surface area contributed by atoms with Crippen LogP contribution in [0.15, 0.2) is 18.2 Å². The quantitative estimate of drug-likeness (QED) is 0.573. The van der Waals surface area contributed by atoms with Crippen LogP contribution in [0.4, 0.5) is 0 Å². The SMILES string of the molecule is BCCOCc1ccc(OCC)cc1C(=O)O. The van der Waals surface area contributed by atoms with E-state index in [-0.39, 0.29) is 5.56 Å². The molecule has 0 radical (unpaired) electrons. The van der Waals surface area contributed by atoms with Crippen LogP contribution in [0.25, 0.3) is 0 Å². The van der Waals surface area contributed by atoms with Crippen molar-refractivity contribution < 1.29 is 19.4 Å². The van der Waals surface area contributed by atoms with E-state index in [0.717, 1.165) is 6.32 Å². The second kappa shape index (κ2) is 6.96. The molecule has 0 saturated heterocycles. The fraction of sp³-hybridized carbons (Fsp3) is 0.417. The zero-order valence-corrected chi connectivity index (χ0v) is 10.2. The van der Waals surface area contributed by atoms with Gasteiger partial charge in [-0.3, -0.25) is 0 Å². The van der Waals surface area contributed by atoms with Crippen LogP contribution in [-0.2, 0) is 11.3 Å². The summed E-state index contributed by atoms with van der Waals surface area (Å²) in [6.07, 6.45) is 0.916. The van der Waals surface area contributed by atoms with Crippen molar-refractivity contribution in [2.45, 2.75) is 19.9 Å². The van der Waals surface area contributed by atoms with Crippen LogP contribution >= 0.6 is 0 Å². The minimum absolute atomic E-state index is 0.243. The molecule has 17 heavy (non-hydrogen) atoms. The van der Waals surface area contributed by atoms with Crippen molar-refractivity contribution in [3.8, 4) is 5.75 Å². The summed E-state index contributed by atoms with van der Waals surface area (Å²) in [6, 6.07) is 5.04. The first-order valence-corrected chi connectivity index (χ1v) is 5.75. The molecule has 0 amide bonds. The molecule has 0 bridgehead atoms.